The highest BCUT2D eigenvalue weighted by Crippen LogP contribution is 1.81. The van der Waals surface area contributed by atoms with E-state index in [0.29, 0.717) is 0 Å². The summed E-state index contributed by atoms with van der Waals surface area (Å²) in [6.45, 7) is 11.0. The highest BCUT2D eigenvalue weighted by molar-refractivity contribution is 4.70. The Hall–Kier alpha value is -0.0400. The van der Waals surface area contributed by atoms with E-state index in [1.807, 2.05) is 13.1 Å². The first-order chi connectivity index (χ1) is 3.41. The fraction of sp³-hybridized carbons (Fsp3) is 0.333. The van der Waals surface area contributed by atoms with E-state index in [2.05, 4.69) is 19.2 Å². The molecule has 0 aliphatic carbocycles. The summed E-state index contributed by atoms with van der Waals surface area (Å²) < 4.78 is 0. The Morgan fingerprint density at radius 2 is 1.57 bits per heavy atom. The van der Waals surface area contributed by atoms with Crippen molar-refractivity contribution in [1.29, 1.82) is 0 Å². The van der Waals surface area contributed by atoms with Gasteiger partial charge in [-0.15, -0.1) is 0 Å². The zero-order valence-electron chi connectivity index (χ0n) is 4.48. The van der Waals surface area contributed by atoms with Gasteiger partial charge in [0.1, 0.15) is 0 Å². The molecule has 0 rings (SSSR count). The monoisotopic (exact) mass is 97.1 g/mol. The molecule has 1 nitrogen and oxygen atoms in total. The molecule has 0 aliphatic rings. The SMILES string of the molecule is [CH2]C[CH]N[CH]C[CH2]. The van der Waals surface area contributed by atoms with Gasteiger partial charge in [0.15, 0.2) is 0 Å². The fourth-order valence-corrected chi connectivity index (χ4v) is 0.250. The summed E-state index contributed by atoms with van der Waals surface area (Å²) in [6.07, 6.45) is 1.63. The molecule has 4 radical (unpaired) electrons. The first-order valence-corrected chi connectivity index (χ1v) is 2.39. The summed E-state index contributed by atoms with van der Waals surface area (Å²) in [5, 5.41) is 2.91. The quantitative estimate of drug-likeness (QED) is 0.522. The van der Waals surface area contributed by atoms with Crippen molar-refractivity contribution in [3.8, 4) is 0 Å². The molecule has 0 unspecified atom stereocenters. The van der Waals surface area contributed by atoms with E-state index in [4.69, 9.17) is 0 Å². The van der Waals surface area contributed by atoms with Crippen LogP contribution in [-0.4, -0.2) is 0 Å². The summed E-state index contributed by atoms with van der Waals surface area (Å²) in [5.41, 5.74) is 0. The molecular formula is C6H11N. The van der Waals surface area contributed by atoms with Crippen LogP contribution in [0.15, 0.2) is 0 Å². The number of hydrogen-bond acceptors (Lipinski definition) is 1. The van der Waals surface area contributed by atoms with Crippen LogP contribution in [0, 0.1) is 26.9 Å². The van der Waals surface area contributed by atoms with Crippen LogP contribution in [0.4, 0.5) is 0 Å². The van der Waals surface area contributed by atoms with Crippen molar-refractivity contribution < 1.29 is 0 Å². The van der Waals surface area contributed by atoms with E-state index in [1.54, 1.807) is 0 Å². The standard InChI is InChI=1S/C6H11N/c1-3-5-7-6-4-2/h5-7H,1-4H2. The van der Waals surface area contributed by atoms with Crippen molar-refractivity contribution in [2.45, 2.75) is 12.8 Å². The molecule has 0 aliphatic heterocycles. The van der Waals surface area contributed by atoms with Gasteiger partial charge in [-0.1, -0.05) is 13.8 Å². The normalized spacial score (nSPS) is 9.43. The minimum absolute atomic E-state index is 0.816. The average Bonchev–Trinajstić information content (AvgIpc) is 1.69. The number of rotatable bonds is 4. The first kappa shape index (κ1) is 6.96. The van der Waals surface area contributed by atoms with Crippen LogP contribution in [0.1, 0.15) is 12.8 Å². The summed E-state index contributed by atoms with van der Waals surface area (Å²) in [7, 11) is 0. The highest BCUT2D eigenvalue weighted by atomic mass is 14.8. The molecule has 0 atom stereocenters. The average molecular weight is 97.2 g/mol. The lowest BCUT2D eigenvalue weighted by molar-refractivity contribution is 0.875. The zero-order chi connectivity index (χ0) is 5.54. The molecule has 0 aromatic rings. The molecule has 0 spiro atoms. The lowest BCUT2D eigenvalue weighted by Crippen LogP contribution is -2.03. The largest absolute Gasteiger partial charge is 0.308 e. The molecule has 0 saturated heterocycles. The van der Waals surface area contributed by atoms with E-state index < -0.39 is 0 Å². The maximum absolute atomic E-state index is 3.60. The van der Waals surface area contributed by atoms with Crippen LogP contribution in [0.2, 0.25) is 0 Å². The molecule has 1 heteroatoms. The second-order valence-corrected chi connectivity index (χ2v) is 1.15. The molecule has 0 aromatic carbocycles. The second-order valence-electron chi connectivity index (χ2n) is 1.15. The Kier molecular flexibility index (Phi) is 5.93. The van der Waals surface area contributed by atoms with Gasteiger partial charge in [0, 0.05) is 13.1 Å². The first-order valence-electron chi connectivity index (χ1n) is 2.39. The summed E-state index contributed by atoms with van der Waals surface area (Å²) in [5.74, 6) is 0. The van der Waals surface area contributed by atoms with E-state index in [-0.39, 0.29) is 0 Å². The number of nitrogens with one attached hydrogen (secondary N) is 1. The smallest absolute Gasteiger partial charge is 0.0224 e. The third kappa shape index (κ3) is 5.96. The van der Waals surface area contributed by atoms with Crippen molar-refractivity contribution in [1.82, 2.24) is 5.32 Å². The molecule has 0 bridgehead atoms. The number of hydrogen-bond donors (Lipinski definition) is 1. The Labute approximate surface area is 46.1 Å². The van der Waals surface area contributed by atoms with Gasteiger partial charge >= 0.3 is 0 Å². The third-order valence-corrected chi connectivity index (χ3v) is 0.524. The van der Waals surface area contributed by atoms with E-state index >= 15 is 0 Å². The van der Waals surface area contributed by atoms with Crippen molar-refractivity contribution in [3.63, 3.8) is 0 Å². The second kappa shape index (κ2) is 5.96. The Balaban J connectivity index is 2.45. The molecule has 0 fully saturated rings. The van der Waals surface area contributed by atoms with E-state index in [1.165, 1.54) is 0 Å². The molecule has 7 heavy (non-hydrogen) atoms. The zero-order valence-corrected chi connectivity index (χ0v) is 4.48. The van der Waals surface area contributed by atoms with Gasteiger partial charge in [-0.2, -0.15) is 0 Å². The van der Waals surface area contributed by atoms with Crippen molar-refractivity contribution in [3.05, 3.63) is 26.9 Å². The predicted molar refractivity (Wildman–Crippen MR) is 31.7 cm³/mol. The topological polar surface area (TPSA) is 12.0 Å². The van der Waals surface area contributed by atoms with Crippen molar-refractivity contribution in [2.75, 3.05) is 0 Å². The van der Waals surface area contributed by atoms with Gasteiger partial charge < -0.3 is 5.32 Å². The van der Waals surface area contributed by atoms with Crippen LogP contribution >= 0.6 is 0 Å². The Bertz CT molecular complexity index is 23.4. The van der Waals surface area contributed by atoms with Gasteiger partial charge in [-0.25, -0.2) is 0 Å². The molecule has 40 valence electrons. The molecule has 0 saturated carbocycles. The van der Waals surface area contributed by atoms with Crippen molar-refractivity contribution >= 4 is 0 Å². The van der Waals surface area contributed by atoms with Crippen LogP contribution < -0.4 is 5.32 Å². The van der Waals surface area contributed by atoms with Gasteiger partial charge in [0.2, 0.25) is 0 Å². The van der Waals surface area contributed by atoms with Crippen LogP contribution in [-0.2, 0) is 0 Å². The van der Waals surface area contributed by atoms with Gasteiger partial charge in [-0.3, -0.25) is 0 Å². The van der Waals surface area contributed by atoms with Gasteiger partial charge in [0.05, 0.1) is 0 Å². The van der Waals surface area contributed by atoms with Crippen LogP contribution in [0.5, 0.6) is 0 Å². The molecule has 0 heterocycles. The maximum atomic E-state index is 3.60. The molecular weight excluding hydrogens is 86.1 g/mol. The predicted octanol–water partition coefficient (Wildman–Crippen LogP) is 1.35. The van der Waals surface area contributed by atoms with Crippen LogP contribution in [0.3, 0.4) is 0 Å². The Morgan fingerprint density at radius 1 is 1.14 bits per heavy atom. The summed E-state index contributed by atoms with van der Waals surface area (Å²) >= 11 is 0. The maximum Gasteiger partial charge on any atom is 0.0224 e. The highest BCUT2D eigenvalue weighted by Gasteiger charge is 1.78. The Morgan fingerprint density at radius 3 is 1.86 bits per heavy atom. The third-order valence-electron chi connectivity index (χ3n) is 0.524. The summed E-state index contributed by atoms with van der Waals surface area (Å²) in [4.78, 5) is 0. The molecule has 0 aromatic heterocycles. The lowest BCUT2D eigenvalue weighted by Gasteiger charge is -1.94. The van der Waals surface area contributed by atoms with Crippen molar-refractivity contribution in [2.24, 2.45) is 0 Å². The van der Waals surface area contributed by atoms with Gasteiger partial charge in [-0.05, 0) is 12.8 Å². The fourth-order valence-electron chi connectivity index (χ4n) is 0.250. The molecule has 1 N–H and O–H groups in total. The van der Waals surface area contributed by atoms with E-state index in [9.17, 15) is 0 Å². The lowest BCUT2D eigenvalue weighted by atomic mass is 10.4. The molecule has 0 amide bonds. The van der Waals surface area contributed by atoms with E-state index in [0.717, 1.165) is 12.8 Å². The van der Waals surface area contributed by atoms with Crippen LogP contribution in [0.25, 0.3) is 0 Å². The summed E-state index contributed by atoms with van der Waals surface area (Å²) in [6, 6.07) is 0. The van der Waals surface area contributed by atoms with Gasteiger partial charge in [0.25, 0.3) is 0 Å². The minimum Gasteiger partial charge on any atom is -0.308 e. The minimum atomic E-state index is 0.816.